The van der Waals surface area contributed by atoms with Crippen molar-refractivity contribution in [3.05, 3.63) is 71.9 Å². The Hall–Kier alpha value is -3.88. The van der Waals surface area contributed by atoms with Crippen LogP contribution < -0.4 is 4.90 Å². The molecule has 0 saturated carbocycles. The van der Waals surface area contributed by atoms with Crippen LogP contribution in [0.3, 0.4) is 0 Å². The van der Waals surface area contributed by atoms with E-state index < -0.39 is 5.82 Å². The van der Waals surface area contributed by atoms with E-state index in [-0.39, 0.29) is 5.56 Å². The molecule has 8 heteroatoms. The molecule has 1 fully saturated rings. The molecule has 32 heavy (non-hydrogen) atoms. The van der Waals surface area contributed by atoms with Crippen LogP contribution in [0.1, 0.15) is 24.0 Å². The van der Waals surface area contributed by atoms with Crippen LogP contribution >= 0.6 is 11.8 Å². The number of nitrogens with zero attached hydrogens (tertiary/aromatic N) is 6. The van der Waals surface area contributed by atoms with Gasteiger partial charge in [0.1, 0.15) is 23.8 Å². The minimum Gasteiger partial charge on any atom is -0.357 e. The highest BCUT2D eigenvalue weighted by molar-refractivity contribution is 7.99. The number of pyridine rings is 2. The SMILES string of the molecule is N#Cc1cc(F)ccc1Sc1cc(-c2ccc(N3CCCC3)nc2)cn2ncc(C#N)c12. The lowest BCUT2D eigenvalue weighted by Crippen LogP contribution is -2.18. The number of rotatable bonds is 4. The van der Waals surface area contributed by atoms with Crippen LogP contribution in [-0.2, 0) is 0 Å². The summed E-state index contributed by atoms with van der Waals surface area (Å²) in [4.78, 5) is 8.28. The van der Waals surface area contributed by atoms with Crippen molar-refractivity contribution in [1.82, 2.24) is 14.6 Å². The van der Waals surface area contributed by atoms with Gasteiger partial charge in [0.05, 0.1) is 22.8 Å². The van der Waals surface area contributed by atoms with Gasteiger partial charge in [-0.25, -0.2) is 13.9 Å². The normalized spacial score (nSPS) is 13.3. The molecule has 6 nitrogen and oxygen atoms in total. The molecular weight excluding hydrogens is 423 g/mol. The fraction of sp³-hybridized carbons (Fsp3) is 0.167. The van der Waals surface area contributed by atoms with Gasteiger partial charge in [0.25, 0.3) is 0 Å². The van der Waals surface area contributed by atoms with E-state index in [1.807, 2.05) is 36.7 Å². The second-order valence-corrected chi connectivity index (χ2v) is 8.59. The number of halogens is 1. The highest BCUT2D eigenvalue weighted by Gasteiger charge is 2.17. The number of hydrogen-bond donors (Lipinski definition) is 0. The van der Waals surface area contributed by atoms with E-state index in [0.717, 1.165) is 34.9 Å². The topological polar surface area (TPSA) is 81.0 Å². The molecule has 0 aliphatic carbocycles. The molecule has 0 bridgehead atoms. The summed E-state index contributed by atoms with van der Waals surface area (Å²) in [5.41, 5.74) is 3.13. The molecule has 0 N–H and O–H groups in total. The van der Waals surface area contributed by atoms with Gasteiger partial charge in [-0.1, -0.05) is 11.8 Å². The molecule has 4 aromatic rings. The maximum atomic E-state index is 13.6. The zero-order valence-electron chi connectivity index (χ0n) is 17.0. The van der Waals surface area contributed by atoms with Gasteiger partial charge in [-0.3, -0.25) is 0 Å². The first-order valence-corrected chi connectivity index (χ1v) is 11.0. The third kappa shape index (κ3) is 3.66. The summed E-state index contributed by atoms with van der Waals surface area (Å²) in [6.45, 7) is 2.06. The summed E-state index contributed by atoms with van der Waals surface area (Å²) in [6, 6.07) is 14.3. The van der Waals surface area contributed by atoms with E-state index in [0.29, 0.717) is 16.0 Å². The van der Waals surface area contributed by atoms with Crippen molar-refractivity contribution in [2.45, 2.75) is 22.6 Å². The monoisotopic (exact) mass is 440 g/mol. The number of hydrogen-bond acceptors (Lipinski definition) is 6. The van der Waals surface area contributed by atoms with Crippen LogP contribution in [0.25, 0.3) is 16.6 Å². The van der Waals surface area contributed by atoms with Crippen LogP contribution in [0.2, 0.25) is 0 Å². The molecule has 0 amide bonds. The Bertz CT molecular complexity index is 1390. The van der Waals surface area contributed by atoms with E-state index in [9.17, 15) is 14.9 Å². The molecular formula is C24H17FN6S. The summed E-state index contributed by atoms with van der Waals surface area (Å²) in [5, 5.41) is 23.3. The van der Waals surface area contributed by atoms with Crippen LogP contribution in [0.5, 0.6) is 0 Å². The first kappa shape index (κ1) is 20.0. The maximum absolute atomic E-state index is 13.6. The first-order chi connectivity index (χ1) is 15.7. The van der Waals surface area contributed by atoms with E-state index in [2.05, 4.69) is 21.1 Å². The molecule has 1 saturated heterocycles. The van der Waals surface area contributed by atoms with Gasteiger partial charge < -0.3 is 4.90 Å². The molecule has 0 unspecified atom stereocenters. The van der Waals surface area contributed by atoms with Gasteiger partial charge in [-0.2, -0.15) is 15.6 Å². The van der Waals surface area contributed by atoms with Crippen molar-refractivity contribution < 1.29 is 4.39 Å². The molecule has 156 valence electrons. The lowest BCUT2D eigenvalue weighted by atomic mass is 10.1. The van der Waals surface area contributed by atoms with Crippen molar-refractivity contribution in [3.8, 4) is 23.3 Å². The summed E-state index contributed by atoms with van der Waals surface area (Å²) in [6.07, 6.45) is 7.61. The molecule has 3 aromatic heterocycles. The number of nitriles is 2. The van der Waals surface area contributed by atoms with E-state index in [1.165, 1.54) is 42.9 Å². The smallest absolute Gasteiger partial charge is 0.128 e. The van der Waals surface area contributed by atoms with E-state index >= 15 is 0 Å². The van der Waals surface area contributed by atoms with Gasteiger partial charge in [0, 0.05) is 46.4 Å². The predicted octanol–water partition coefficient (Wildman–Crippen LogP) is 5.03. The first-order valence-electron chi connectivity index (χ1n) is 10.2. The predicted molar refractivity (Wildman–Crippen MR) is 120 cm³/mol. The fourth-order valence-corrected chi connectivity index (χ4v) is 4.96. The Kier molecular flexibility index (Phi) is 5.22. The van der Waals surface area contributed by atoms with Gasteiger partial charge in [-0.15, -0.1) is 0 Å². The molecule has 1 aliphatic heterocycles. The number of anilines is 1. The van der Waals surface area contributed by atoms with E-state index in [1.54, 1.807) is 10.6 Å². The highest BCUT2D eigenvalue weighted by Crippen LogP contribution is 2.37. The highest BCUT2D eigenvalue weighted by atomic mass is 32.2. The molecule has 1 aliphatic rings. The Labute approximate surface area is 188 Å². The Morgan fingerprint density at radius 2 is 1.72 bits per heavy atom. The largest absolute Gasteiger partial charge is 0.357 e. The lowest BCUT2D eigenvalue weighted by Gasteiger charge is -2.16. The van der Waals surface area contributed by atoms with E-state index in [4.69, 9.17) is 0 Å². The molecule has 1 aromatic carbocycles. The van der Waals surface area contributed by atoms with Crippen molar-refractivity contribution >= 4 is 23.1 Å². The Morgan fingerprint density at radius 3 is 2.44 bits per heavy atom. The van der Waals surface area contributed by atoms with Gasteiger partial charge in [0.15, 0.2) is 0 Å². The third-order valence-corrected chi connectivity index (χ3v) is 6.60. The summed E-state index contributed by atoms with van der Waals surface area (Å²) in [7, 11) is 0. The minimum atomic E-state index is -0.462. The van der Waals surface area contributed by atoms with Crippen molar-refractivity contribution in [1.29, 1.82) is 10.5 Å². The van der Waals surface area contributed by atoms with Gasteiger partial charge in [-0.05, 0) is 49.2 Å². The van der Waals surface area contributed by atoms with Crippen LogP contribution in [0.4, 0.5) is 10.2 Å². The maximum Gasteiger partial charge on any atom is 0.128 e. The van der Waals surface area contributed by atoms with Gasteiger partial charge in [0.2, 0.25) is 0 Å². The quantitative estimate of drug-likeness (QED) is 0.443. The van der Waals surface area contributed by atoms with Crippen LogP contribution in [0.15, 0.2) is 64.8 Å². The zero-order chi connectivity index (χ0) is 22.1. The van der Waals surface area contributed by atoms with Crippen LogP contribution in [-0.4, -0.2) is 27.7 Å². The third-order valence-electron chi connectivity index (χ3n) is 5.49. The molecule has 0 atom stereocenters. The molecule has 0 spiro atoms. The Balaban J connectivity index is 1.59. The number of fused-ring (bicyclic) bond motifs is 1. The summed E-state index contributed by atoms with van der Waals surface area (Å²) < 4.78 is 15.3. The number of benzene rings is 1. The van der Waals surface area contributed by atoms with Crippen molar-refractivity contribution in [3.63, 3.8) is 0 Å². The zero-order valence-corrected chi connectivity index (χ0v) is 17.8. The standard InChI is InChI=1S/C24H17FN6S/c25-20-4-5-21(17(9-20)11-26)32-22-10-18(15-31-24(22)19(12-27)14-29-31)16-3-6-23(28-13-16)30-7-1-2-8-30/h3-6,9-10,13-15H,1-2,7-8H2. The van der Waals surface area contributed by atoms with Crippen molar-refractivity contribution in [2.75, 3.05) is 18.0 Å². The van der Waals surface area contributed by atoms with Gasteiger partial charge >= 0.3 is 0 Å². The average Bonchev–Trinajstić information content (AvgIpc) is 3.50. The Morgan fingerprint density at radius 1 is 0.906 bits per heavy atom. The second-order valence-electron chi connectivity index (χ2n) is 7.51. The minimum absolute atomic E-state index is 0.244. The molecule has 4 heterocycles. The summed E-state index contributed by atoms with van der Waals surface area (Å²) >= 11 is 1.31. The number of aromatic nitrogens is 3. The molecule has 0 radical (unpaired) electrons. The summed E-state index contributed by atoms with van der Waals surface area (Å²) in [5.74, 6) is 0.508. The fourth-order valence-electron chi connectivity index (χ4n) is 3.89. The lowest BCUT2D eigenvalue weighted by molar-refractivity contribution is 0.626. The van der Waals surface area contributed by atoms with Crippen molar-refractivity contribution in [2.24, 2.45) is 0 Å². The average molecular weight is 441 g/mol. The van der Waals surface area contributed by atoms with Crippen LogP contribution in [0, 0.1) is 28.5 Å². The second kappa shape index (κ2) is 8.33. The molecule has 5 rings (SSSR count).